The van der Waals surface area contributed by atoms with Crippen LogP contribution in [0.3, 0.4) is 0 Å². The maximum absolute atomic E-state index is 5.65. The van der Waals surface area contributed by atoms with E-state index in [0.717, 1.165) is 0 Å². The number of rotatable bonds is 2. The van der Waals surface area contributed by atoms with Gasteiger partial charge in [0, 0.05) is 0 Å². The zero-order chi connectivity index (χ0) is 8.36. The fourth-order valence-corrected chi connectivity index (χ4v) is 11.1. The molecule has 0 spiro atoms. The van der Waals surface area contributed by atoms with Crippen molar-refractivity contribution in [2.45, 2.75) is 6.92 Å². The fourth-order valence-electron chi connectivity index (χ4n) is 0.380. The molecule has 0 aliphatic heterocycles. The third kappa shape index (κ3) is 3.86. The van der Waals surface area contributed by atoms with Gasteiger partial charge in [-0.3, -0.25) is 0 Å². The van der Waals surface area contributed by atoms with E-state index in [-0.39, 0.29) is 0 Å². The standard InChI is InChI=1S/C3H4Cl5Si2/c1-2-3(9(4)5)10(6,7)8/h2H,1H3. The lowest BCUT2D eigenvalue weighted by atomic mass is 10.8. The quantitative estimate of drug-likeness (QED) is 0.532. The van der Waals surface area contributed by atoms with Crippen molar-refractivity contribution in [3.63, 3.8) is 0 Å². The molecule has 0 atom stereocenters. The van der Waals surface area contributed by atoms with Gasteiger partial charge in [0.25, 0.3) is 0 Å². The first kappa shape index (κ1) is 11.6. The van der Waals surface area contributed by atoms with Crippen molar-refractivity contribution in [2.75, 3.05) is 0 Å². The highest BCUT2D eigenvalue weighted by Crippen LogP contribution is 2.32. The van der Waals surface area contributed by atoms with Crippen LogP contribution in [0.15, 0.2) is 10.9 Å². The maximum Gasteiger partial charge on any atom is 0.366 e. The molecule has 0 fully saturated rings. The zero-order valence-corrected chi connectivity index (χ0v) is 10.7. The summed E-state index contributed by atoms with van der Waals surface area (Å²) in [6.07, 6.45) is 1.69. The molecular formula is C3H4Cl5Si2. The van der Waals surface area contributed by atoms with Crippen LogP contribution in [-0.4, -0.2) is 13.4 Å². The highest BCUT2D eigenvalue weighted by atomic mass is 35.8. The van der Waals surface area contributed by atoms with Crippen LogP contribution in [-0.2, 0) is 0 Å². The summed E-state index contributed by atoms with van der Waals surface area (Å²) in [6, 6.07) is -2.79. The third-order valence-corrected chi connectivity index (χ3v) is 9.70. The van der Waals surface area contributed by atoms with E-state index in [9.17, 15) is 0 Å². The largest absolute Gasteiger partial charge is 0.366 e. The van der Waals surface area contributed by atoms with Crippen molar-refractivity contribution >= 4 is 68.8 Å². The Morgan fingerprint density at radius 1 is 1.30 bits per heavy atom. The highest BCUT2D eigenvalue weighted by Gasteiger charge is 2.35. The van der Waals surface area contributed by atoms with Crippen molar-refractivity contribution in [1.82, 2.24) is 0 Å². The van der Waals surface area contributed by atoms with Crippen molar-refractivity contribution < 1.29 is 0 Å². The van der Waals surface area contributed by atoms with Crippen LogP contribution in [0.25, 0.3) is 0 Å². The van der Waals surface area contributed by atoms with Gasteiger partial charge in [0.15, 0.2) is 0 Å². The van der Waals surface area contributed by atoms with Gasteiger partial charge in [0.05, 0.1) is 0 Å². The molecule has 0 bridgehead atoms. The number of halogens is 5. The molecule has 0 nitrogen and oxygen atoms in total. The minimum atomic E-state index is -2.79. The molecule has 0 aliphatic rings. The molecule has 0 heterocycles. The molecule has 7 heteroatoms. The molecule has 0 aromatic carbocycles. The van der Waals surface area contributed by atoms with Crippen LogP contribution < -0.4 is 0 Å². The zero-order valence-electron chi connectivity index (χ0n) is 4.97. The second-order valence-electron chi connectivity index (χ2n) is 1.46. The fraction of sp³-hybridized carbons (Fsp3) is 0.333. The van der Waals surface area contributed by atoms with Gasteiger partial charge in [-0.1, -0.05) is 6.08 Å². The Balaban J connectivity index is 4.40. The van der Waals surface area contributed by atoms with Crippen molar-refractivity contribution in [2.24, 2.45) is 0 Å². The van der Waals surface area contributed by atoms with E-state index in [4.69, 9.17) is 55.4 Å². The van der Waals surface area contributed by atoms with E-state index in [1.165, 1.54) is 0 Å². The SMILES string of the molecule is CC=C([Si](Cl)Cl)[Si](Cl)(Cl)Cl. The summed E-state index contributed by atoms with van der Waals surface area (Å²) >= 11 is 28.2. The minimum absolute atomic E-state index is 0.617. The minimum Gasteiger partial charge on any atom is -0.141 e. The van der Waals surface area contributed by atoms with Crippen LogP contribution in [0.2, 0.25) is 0 Å². The topological polar surface area (TPSA) is 0 Å². The second kappa shape index (κ2) is 4.60. The normalized spacial score (nSPS) is 14.5. The summed E-state index contributed by atoms with van der Waals surface area (Å²) in [5.41, 5.74) is 0. The Kier molecular flexibility index (Phi) is 5.35. The average Bonchev–Trinajstić information content (AvgIpc) is 1.60. The molecule has 0 aromatic heterocycles. The monoisotopic (exact) mass is 271 g/mol. The first-order valence-electron chi connectivity index (χ1n) is 2.31. The van der Waals surface area contributed by atoms with Gasteiger partial charge in [-0.25, -0.2) is 0 Å². The average molecular weight is 274 g/mol. The maximum atomic E-state index is 5.65. The molecular weight excluding hydrogens is 269 g/mol. The van der Waals surface area contributed by atoms with E-state index in [1.807, 2.05) is 0 Å². The van der Waals surface area contributed by atoms with Crippen LogP contribution in [0.4, 0.5) is 0 Å². The van der Waals surface area contributed by atoms with Crippen LogP contribution >= 0.6 is 55.4 Å². The van der Waals surface area contributed by atoms with Crippen molar-refractivity contribution in [1.29, 1.82) is 0 Å². The summed E-state index contributed by atoms with van der Waals surface area (Å²) in [7, 11) is -1.61. The van der Waals surface area contributed by atoms with Gasteiger partial charge < -0.3 is 0 Å². The lowest BCUT2D eigenvalue weighted by Crippen LogP contribution is -2.22. The molecule has 0 N–H and O–H groups in total. The number of hydrogen-bond donors (Lipinski definition) is 0. The van der Waals surface area contributed by atoms with Crippen molar-refractivity contribution in [3.8, 4) is 0 Å². The number of allylic oxidation sites excluding steroid dienone is 1. The first-order valence-corrected chi connectivity index (χ1v) is 10.9. The highest BCUT2D eigenvalue weighted by molar-refractivity contribution is 7.71. The van der Waals surface area contributed by atoms with Crippen LogP contribution in [0.5, 0.6) is 0 Å². The second-order valence-corrected chi connectivity index (χ2v) is 14.2. The summed E-state index contributed by atoms with van der Waals surface area (Å²) < 4.78 is 0. The molecule has 59 valence electrons. The Bertz CT molecular complexity index is 136. The molecule has 0 amide bonds. The van der Waals surface area contributed by atoms with E-state index in [0.29, 0.717) is 4.82 Å². The summed E-state index contributed by atoms with van der Waals surface area (Å²) in [5, 5.41) is 0. The van der Waals surface area contributed by atoms with E-state index in [1.54, 1.807) is 13.0 Å². The van der Waals surface area contributed by atoms with E-state index < -0.39 is 13.4 Å². The van der Waals surface area contributed by atoms with Crippen molar-refractivity contribution in [3.05, 3.63) is 10.9 Å². The molecule has 0 saturated heterocycles. The Labute approximate surface area is 86.2 Å². The van der Waals surface area contributed by atoms with Crippen LogP contribution in [0.1, 0.15) is 6.92 Å². The van der Waals surface area contributed by atoms with E-state index in [2.05, 4.69) is 0 Å². The predicted octanol–water partition coefficient (Wildman–Crippen LogP) is 3.63. The predicted molar refractivity (Wildman–Crippen MR) is 54.5 cm³/mol. The van der Waals surface area contributed by atoms with Gasteiger partial charge in [-0.05, 0) is 11.7 Å². The molecule has 0 saturated carbocycles. The Morgan fingerprint density at radius 2 is 1.70 bits per heavy atom. The summed E-state index contributed by atoms with van der Waals surface area (Å²) in [5.74, 6) is 0. The molecule has 0 rings (SSSR count). The van der Waals surface area contributed by atoms with Crippen LogP contribution in [0, 0.1) is 0 Å². The summed E-state index contributed by atoms with van der Waals surface area (Å²) in [6.45, 7) is 1.76. The smallest absolute Gasteiger partial charge is 0.141 e. The molecule has 0 aromatic rings. The van der Waals surface area contributed by atoms with Gasteiger partial charge >= 0.3 is 13.4 Å². The van der Waals surface area contributed by atoms with Gasteiger partial charge in [0.1, 0.15) is 0 Å². The van der Waals surface area contributed by atoms with Gasteiger partial charge in [-0.15, -0.1) is 55.4 Å². The van der Waals surface area contributed by atoms with Gasteiger partial charge in [0.2, 0.25) is 0 Å². The van der Waals surface area contributed by atoms with Gasteiger partial charge in [-0.2, -0.15) is 0 Å². The molecule has 0 aliphatic carbocycles. The molecule has 1 radical (unpaired) electrons. The lowest BCUT2D eigenvalue weighted by molar-refractivity contribution is 1.75. The molecule has 10 heavy (non-hydrogen) atoms. The number of hydrogen-bond acceptors (Lipinski definition) is 0. The third-order valence-electron chi connectivity index (χ3n) is 0.798. The Hall–Kier alpha value is 1.62. The first-order chi connectivity index (χ1) is 4.39. The molecule has 0 unspecified atom stereocenters. The summed E-state index contributed by atoms with van der Waals surface area (Å²) in [4.78, 5) is 0.617. The van der Waals surface area contributed by atoms with E-state index >= 15 is 0 Å². The Morgan fingerprint density at radius 3 is 1.70 bits per heavy atom. The lowest BCUT2D eigenvalue weighted by Gasteiger charge is -2.11.